The van der Waals surface area contributed by atoms with Crippen molar-refractivity contribution in [1.82, 2.24) is 0 Å². The molecule has 0 heterocycles. The monoisotopic (exact) mass is 389 g/mol. The average Bonchev–Trinajstić information content (AvgIpc) is 2.60. The van der Waals surface area contributed by atoms with E-state index in [2.05, 4.69) is 13.0 Å². The van der Waals surface area contributed by atoms with E-state index in [9.17, 15) is 10.1 Å². The summed E-state index contributed by atoms with van der Waals surface area (Å²) in [6.07, 6.45) is 13.5. The lowest BCUT2D eigenvalue weighted by atomic mass is 10.1. The lowest BCUT2D eigenvalue weighted by molar-refractivity contribution is -0.137. The molecule has 0 aliphatic rings. The normalized spacial score (nSPS) is 13.3. The van der Waals surface area contributed by atoms with Crippen LogP contribution in [0.2, 0.25) is 0 Å². The van der Waals surface area contributed by atoms with Crippen LogP contribution in [0.1, 0.15) is 90.9 Å². The molecule has 0 aromatic rings. The van der Waals surface area contributed by atoms with Crippen molar-refractivity contribution in [2.75, 3.05) is 11.7 Å². The van der Waals surface area contributed by atoms with Crippen LogP contribution < -0.4 is 0 Å². The van der Waals surface area contributed by atoms with Gasteiger partial charge in [0.05, 0.1) is 17.8 Å². The van der Waals surface area contributed by atoms with Crippen LogP contribution in [-0.2, 0) is 8.98 Å². The summed E-state index contributed by atoms with van der Waals surface area (Å²) in [7, 11) is 0. The number of hydrogen-bond acceptors (Lipinski definition) is 5. The van der Waals surface area contributed by atoms with Gasteiger partial charge >= 0.3 is 5.97 Å². The van der Waals surface area contributed by atoms with Crippen LogP contribution in [0.5, 0.6) is 0 Å². The molecule has 146 valence electrons. The third-order valence-corrected chi connectivity index (χ3v) is 6.26. The number of carbonyl (C=O) groups is 1. The van der Waals surface area contributed by atoms with Crippen molar-refractivity contribution in [3.05, 3.63) is 0 Å². The number of carboxylic acid groups (broad SMARTS) is 1. The zero-order valence-corrected chi connectivity index (χ0v) is 17.6. The van der Waals surface area contributed by atoms with Crippen molar-refractivity contribution < 1.29 is 14.1 Å². The molecule has 0 bridgehead atoms. The molecule has 6 heteroatoms. The van der Waals surface area contributed by atoms with Crippen molar-refractivity contribution in [3.8, 4) is 6.07 Å². The van der Waals surface area contributed by atoms with E-state index in [4.69, 9.17) is 9.29 Å². The van der Waals surface area contributed by atoms with Crippen molar-refractivity contribution in [2.45, 2.75) is 95.6 Å². The van der Waals surface area contributed by atoms with Crippen molar-refractivity contribution in [3.63, 3.8) is 0 Å². The Kier molecular flexibility index (Phi) is 16.8. The van der Waals surface area contributed by atoms with Gasteiger partial charge in [0, 0.05) is 18.5 Å². The Hall–Kier alpha value is -0.380. The van der Waals surface area contributed by atoms with E-state index in [1.165, 1.54) is 81.6 Å². The van der Waals surface area contributed by atoms with Gasteiger partial charge in [0.1, 0.15) is 4.75 Å². The fourth-order valence-corrected chi connectivity index (χ4v) is 4.45. The number of hydrogen-bond donors (Lipinski definition) is 1. The van der Waals surface area contributed by atoms with Crippen molar-refractivity contribution >= 4 is 29.8 Å². The number of thioether (sulfide) groups is 1. The molecular weight excluding hydrogens is 354 g/mol. The number of carboxylic acids is 1. The topological polar surface area (TPSA) is 70.3 Å². The quantitative estimate of drug-likeness (QED) is 0.166. The Bertz CT molecular complexity index is 374. The van der Waals surface area contributed by atoms with E-state index < -0.39 is 10.7 Å². The summed E-state index contributed by atoms with van der Waals surface area (Å²) in [5.41, 5.74) is 0. The summed E-state index contributed by atoms with van der Waals surface area (Å²) < 4.78 is 4.89. The highest BCUT2D eigenvalue weighted by Gasteiger charge is 2.25. The van der Waals surface area contributed by atoms with Crippen LogP contribution in [-0.4, -0.2) is 27.5 Å². The number of unbranched alkanes of at least 4 members (excludes halogenated alkanes) is 9. The molecule has 0 spiro atoms. The van der Waals surface area contributed by atoms with E-state index in [1.807, 2.05) is 0 Å². The fourth-order valence-electron chi connectivity index (χ4n) is 2.40. The van der Waals surface area contributed by atoms with Gasteiger partial charge in [-0.1, -0.05) is 64.7 Å². The van der Waals surface area contributed by atoms with Crippen molar-refractivity contribution in [1.29, 1.82) is 5.26 Å². The summed E-state index contributed by atoms with van der Waals surface area (Å²) >= 11 is 2.84. The summed E-state index contributed by atoms with van der Waals surface area (Å²) in [5.74, 6) is -0.855. The first-order chi connectivity index (χ1) is 12.0. The van der Waals surface area contributed by atoms with Crippen LogP contribution in [0.25, 0.3) is 0 Å². The van der Waals surface area contributed by atoms with Crippen LogP contribution in [0.4, 0.5) is 0 Å². The van der Waals surface area contributed by atoms with Gasteiger partial charge in [-0.25, -0.2) is 0 Å². The van der Waals surface area contributed by atoms with E-state index in [0.29, 0.717) is 11.5 Å². The molecule has 0 saturated carbocycles. The van der Waals surface area contributed by atoms with Crippen LogP contribution in [0.15, 0.2) is 0 Å². The van der Waals surface area contributed by atoms with E-state index in [1.54, 1.807) is 6.92 Å². The third kappa shape index (κ3) is 16.8. The lowest BCUT2D eigenvalue weighted by Gasteiger charge is -2.19. The standard InChI is InChI=1S/C19H35NO3S2/c1-3-4-5-6-7-8-9-10-11-12-15-23-25-17-24-19(2,16-20)14-13-18(21)22/h3-15,17H2,1-2H3,(H,21,22). The molecule has 0 aromatic carbocycles. The molecule has 1 unspecified atom stereocenters. The zero-order chi connectivity index (χ0) is 18.8. The van der Waals surface area contributed by atoms with Gasteiger partial charge in [-0.05, 0) is 19.8 Å². The fraction of sp³-hybridized carbons (Fsp3) is 0.895. The first kappa shape index (κ1) is 24.6. The highest BCUT2D eigenvalue weighted by atomic mass is 32.2. The molecule has 0 aliphatic carbocycles. The first-order valence-electron chi connectivity index (χ1n) is 9.55. The minimum Gasteiger partial charge on any atom is -0.481 e. The van der Waals surface area contributed by atoms with E-state index >= 15 is 0 Å². The second-order valence-electron chi connectivity index (χ2n) is 6.62. The molecule has 4 nitrogen and oxygen atoms in total. The Balaban J connectivity index is 3.38. The van der Waals surface area contributed by atoms with Gasteiger partial charge in [0.2, 0.25) is 0 Å². The number of aliphatic carboxylic acids is 1. The molecule has 0 aromatic heterocycles. The van der Waals surface area contributed by atoms with Crippen molar-refractivity contribution in [2.24, 2.45) is 0 Å². The Morgan fingerprint density at radius 3 is 2.16 bits per heavy atom. The van der Waals surface area contributed by atoms with Crippen LogP contribution >= 0.6 is 23.8 Å². The maximum Gasteiger partial charge on any atom is 0.303 e. The smallest absolute Gasteiger partial charge is 0.303 e. The highest BCUT2D eigenvalue weighted by Crippen LogP contribution is 2.32. The first-order valence-corrected chi connectivity index (χ1v) is 11.4. The number of nitriles is 1. The van der Waals surface area contributed by atoms with Gasteiger partial charge in [0.25, 0.3) is 0 Å². The van der Waals surface area contributed by atoms with Gasteiger partial charge in [-0.3, -0.25) is 4.79 Å². The van der Waals surface area contributed by atoms with E-state index in [-0.39, 0.29) is 6.42 Å². The molecule has 0 saturated heterocycles. The molecule has 0 fully saturated rings. The maximum absolute atomic E-state index is 10.6. The van der Waals surface area contributed by atoms with Gasteiger partial charge in [-0.15, -0.1) is 11.8 Å². The Morgan fingerprint density at radius 2 is 1.64 bits per heavy atom. The SMILES string of the molecule is CCCCCCCCCCCCOSCSC(C)(C#N)CCC(=O)O. The minimum absolute atomic E-state index is 0.0290. The minimum atomic E-state index is -0.855. The number of rotatable bonds is 18. The summed E-state index contributed by atoms with van der Waals surface area (Å²) in [5, 5.41) is 18.6. The van der Waals surface area contributed by atoms with Gasteiger partial charge < -0.3 is 9.29 Å². The summed E-state index contributed by atoms with van der Waals surface area (Å²) in [4.78, 5) is 10.6. The van der Waals surface area contributed by atoms with Crippen LogP contribution in [0.3, 0.4) is 0 Å². The van der Waals surface area contributed by atoms with Gasteiger partial charge in [-0.2, -0.15) is 5.26 Å². The molecule has 1 N–H and O–H groups in total. The molecular formula is C19H35NO3S2. The maximum atomic E-state index is 10.6. The molecule has 25 heavy (non-hydrogen) atoms. The average molecular weight is 390 g/mol. The predicted molar refractivity (Wildman–Crippen MR) is 109 cm³/mol. The highest BCUT2D eigenvalue weighted by molar-refractivity contribution is 8.14. The summed E-state index contributed by atoms with van der Waals surface area (Å²) in [6, 6.07) is 2.21. The van der Waals surface area contributed by atoms with E-state index in [0.717, 1.165) is 13.0 Å². The second-order valence-corrected chi connectivity index (χ2v) is 9.22. The largest absolute Gasteiger partial charge is 0.481 e. The Labute approximate surface area is 162 Å². The Morgan fingerprint density at radius 1 is 1.08 bits per heavy atom. The predicted octanol–water partition coefficient (Wildman–Crippen LogP) is 6.41. The molecule has 0 radical (unpaired) electrons. The second kappa shape index (κ2) is 17.1. The third-order valence-electron chi connectivity index (χ3n) is 4.14. The lowest BCUT2D eigenvalue weighted by Crippen LogP contribution is -2.19. The molecule has 1 atom stereocenters. The van der Waals surface area contributed by atoms with Gasteiger partial charge in [0.15, 0.2) is 0 Å². The van der Waals surface area contributed by atoms with Crippen LogP contribution in [0, 0.1) is 11.3 Å². The molecule has 0 rings (SSSR count). The number of nitrogens with zero attached hydrogens (tertiary/aromatic N) is 1. The molecule has 0 amide bonds. The summed E-state index contributed by atoms with van der Waals surface area (Å²) in [6.45, 7) is 4.80. The molecule has 0 aliphatic heterocycles. The zero-order valence-electron chi connectivity index (χ0n) is 15.9.